The summed E-state index contributed by atoms with van der Waals surface area (Å²) in [6.45, 7) is 2.08. The van der Waals surface area contributed by atoms with Crippen LogP contribution >= 0.6 is 22.9 Å². The minimum atomic E-state index is -0.0315. The number of pyridine rings is 1. The second-order valence-electron chi connectivity index (χ2n) is 3.45. The Bertz CT molecular complexity index is 466. The first kappa shape index (κ1) is 11.5. The van der Waals surface area contributed by atoms with Crippen LogP contribution in [0.25, 0.3) is 0 Å². The molecule has 0 fully saturated rings. The lowest BCUT2D eigenvalue weighted by molar-refractivity contribution is 0.634. The van der Waals surface area contributed by atoms with Gasteiger partial charge in [-0.05, 0) is 35.6 Å². The number of nitrogens with two attached hydrogens (primary N) is 1. The number of halogens is 1. The van der Waals surface area contributed by atoms with Gasteiger partial charge in [0.05, 0.1) is 6.04 Å². The third kappa shape index (κ3) is 2.25. The van der Waals surface area contributed by atoms with E-state index < -0.39 is 0 Å². The van der Waals surface area contributed by atoms with Gasteiger partial charge in [-0.1, -0.05) is 17.7 Å². The van der Waals surface area contributed by atoms with Gasteiger partial charge in [0.1, 0.15) is 5.15 Å². The maximum atomic E-state index is 5.76. The first-order chi connectivity index (χ1) is 7.72. The number of thiophene rings is 1. The van der Waals surface area contributed by atoms with E-state index >= 15 is 0 Å². The Hall–Kier alpha value is -0.940. The Morgan fingerprint density at radius 3 is 2.75 bits per heavy atom. The number of hydrazine groups is 1. The molecule has 0 saturated carbocycles. The topological polar surface area (TPSA) is 50.9 Å². The highest BCUT2D eigenvalue weighted by Gasteiger charge is 2.15. The van der Waals surface area contributed by atoms with E-state index in [1.165, 1.54) is 10.4 Å². The van der Waals surface area contributed by atoms with E-state index in [4.69, 9.17) is 17.4 Å². The molecule has 16 heavy (non-hydrogen) atoms. The molecule has 5 heteroatoms. The van der Waals surface area contributed by atoms with Gasteiger partial charge in [0.15, 0.2) is 0 Å². The summed E-state index contributed by atoms with van der Waals surface area (Å²) < 4.78 is 0. The van der Waals surface area contributed by atoms with E-state index in [1.54, 1.807) is 23.6 Å². The van der Waals surface area contributed by atoms with Gasteiger partial charge in [-0.15, -0.1) is 11.3 Å². The van der Waals surface area contributed by atoms with Gasteiger partial charge in [0.25, 0.3) is 0 Å². The monoisotopic (exact) mass is 253 g/mol. The quantitative estimate of drug-likeness (QED) is 0.502. The second-order valence-corrected chi connectivity index (χ2v) is 4.95. The summed E-state index contributed by atoms with van der Waals surface area (Å²) in [5.74, 6) is 5.60. The Morgan fingerprint density at radius 1 is 1.44 bits per heavy atom. The minimum Gasteiger partial charge on any atom is -0.271 e. The molecule has 3 N–H and O–H groups in total. The van der Waals surface area contributed by atoms with E-state index in [0.29, 0.717) is 5.15 Å². The summed E-state index contributed by atoms with van der Waals surface area (Å²) in [5.41, 5.74) is 4.99. The molecule has 0 aromatic carbocycles. The van der Waals surface area contributed by atoms with Crippen LogP contribution in [0.2, 0.25) is 5.15 Å². The molecule has 84 valence electrons. The summed E-state index contributed by atoms with van der Waals surface area (Å²) in [5, 5.41) is 2.54. The number of nitrogens with zero attached hydrogens (tertiary/aromatic N) is 1. The number of hydrogen-bond acceptors (Lipinski definition) is 4. The Balaban J connectivity index is 2.37. The molecule has 0 amide bonds. The highest BCUT2D eigenvalue weighted by Crippen LogP contribution is 2.27. The molecule has 2 aromatic heterocycles. The highest BCUT2D eigenvalue weighted by atomic mass is 35.5. The average Bonchev–Trinajstić information content (AvgIpc) is 2.69. The van der Waals surface area contributed by atoms with E-state index in [2.05, 4.69) is 28.8 Å². The first-order valence-corrected chi connectivity index (χ1v) is 6.09. The summed E-state index contributed by atoms with van der Waals surface area (Å²) in [6.07, 6.45) is 1.74. The number of aromatic nitrogens is 1. The van der Waals surface area contributed by atoms with Crippen LogP contribution < -0.4 is 11.3 Å². The van der Waals surface area contributed by atoms with Gasteiger partial charge in [0, 0.05) is 11.1 Å². The van der Waals surface area contributed by atoms with Crippen molar-refractivity contribution in [3.8, 4) is 0 Å². The van der Waals surface area contributed by atoms with Gasteiger partial charge in [-0.3, -0.25) is 5.84 Å². The van der Waals surface area contributed by atoms with Crippen molar-refractivity contribution in [1.29, 1.82) is 0 Å². The summed E-state index contributed by atoms with van der Waals surface area (Å²) in [7, 11) is 0. The predicted octanol–water partition coefficient (Wildman–Crippen LogP) is 2.66. The zero-order chi connectivity index (χ0) is 11.5. The SMILES string of the molecule is Cc1sccc1C(NN)c1ccc(Cl)nc1. The normalized spacial score (nSPS) is 12.7. The molecule has 0 bridgehead atoms. The molecule has 2 rings (SSSR count). The van der Waals surface area contributed by atoms with Gasteiger partial charge in [-0.25, -0.2) is 10.4 Å². The Kier molecular flexibility index (Phi) is 3.56. The van der Waals surface area contributed by atoms with Crippen LogP contribution in [0, 0.1) is 6.92 Å². The smallest absolute Gasteiger partial charge is 0.129 e. The predicted molar refractivity (Wildman–Crippen MR) is 67.5 cm³/mol. The van der Waals surface area contributed by atoms with Crippen LogP contribution in [-0.2, 0) is 0 Å². The van der Waals surface area contributed by atoms with Crippen LogP contribution in [0.3, 0.4) is 0 Å². The van der Waals surface area contributed by atoms with Crippen molar-refractivity contribution in [2.75, 3.05) is 0 Å². The fourth-order valence-electron chi connectivity index (χ4n) is 1.62. The fourth-order valence-corrected chi connectivity index (χ4v) is 2.47. The Morgan fingerprint density at radius 2 is 2.25 bits per heavy atom. The summed E-state index contributed by atoms with van der Waals surface area (Å²) in [4.78, 5) is 5.31. The molecule has 0 aliphatic heterocycles. The molecule has 0 aliphatic rings. The van der Waals surface area contributed by atoms with E-state index in [1.807, 2.05) is 6.07 Å². The van der Waals surface area contributed by atoms with Crippen molar-refractivity contribution in [2.24, 2.45) is 5.84 Å². The molecule has 3 nitrogen and oxygen atoms in total. The number of rotatable bonds is 3. The van der Waals surface area contributed by atoms with Crippen LogP contribution in [-0.4, -0.2) is 4.98 Å². The standard InChI is InChI=1S/C11H12ClN3S/c1-7-9(4-5-16-7)11(15-13)8-2-3-10(12)14-6-8/h2-6,11,15H,13H2,1H3. The summed E-state index contributed by atoms with van der Waals surface area (Å²) in [6, 6.07) is 5.73. The maximum Gasteiger partial charge on any atom is 0.129 e. The molecule has 0 spiro atoms. The fraction of sp³-hybridized carbons (Fsp3) is 0.182. The first-order valence-electron chi connectivity index (χ1n) is 4.84. The van der Waals surface area contributed by atoms with Crippen LogP contribution in [0.15, 0.2) is 29.8 Å². The number of nitrogens with one attached hydrogen (secondary N) is 1. The molecule has 0 saturated heterocycles. The molecular weight excluding hydrogens is 242 g/mol. The zero-order valence-corrected chi connectivity index (χ0v) is 10.3. The van der Waals surface area contributed by atoms with Crippen LogP contribution in [0.1, 0.15) is 22.0 Å². The zero-order valence-electron chi connectivity index (χ0n) is 8.77. The maximum absolute atomic E-state index is 5.76. The lowest BCUT2D eigenvalue weighted by Gasteiger charge is -2.16. The van der Waals surface area contributed by atoms with Crippen molar-refractivity contribution < 1.29 is 0 Å². The van der Waals surface area contributed by atoms with Crippen molar-refractivity contribution in [3.63, 3.8) is 0 Å². The van der Waals surface area contributed by atoms with Gasteiger partial charge < -0.3 is 0 Å². The molecular formula is C11H12ClN3S. The molecule has 2 aromatic rings. The lowest BCUT2D eigenvalue weighted by atomic mass is 10.0. The third-order valence-corrected chi connectivity index (χ3v) is 3.55. The van der Waals surface area contributed by atoms with E-state index in [9.17, 15) is 0 Å². The highest BCUT2D eigenvalue weighted by molar-refractivity contribution is 7.10. The van der Waals surface area contributed by atoms with Gasteiger partial charge >= 0.3 is 0 Å². The number of hydrogen-bond donors (Lipinski definition) is 2. The molecule has 2 heterocycles. The summed E-state index contributed by atoms with van der Waals surface area (Å²) >= 11 is 7.46. The molecule has 0 aliphatic carbocycles. The van der Waals surface area contributed by atoms with Crippen LogP contribution in [0.5, 0.6) is 0 Å². The van der Waals surface area contributed by atoms with Gasteiger partial charge in [0.2, 0.25) is 0 Å². The van der Waals surface area contributed by atoms with Crippen LogP contribution in [0.4, 0.5) is 0 Å². The van der Waals surface area contributed by atoms with Gasteiger partial charge in [-0.2, -0.15) is 0 Å². The van der Waals surface area contributed by atoms with E-state index in [-0.39, 0.29) is 6.04 Å². The van der Waals surface area contributed by atoms with E-state index in [0.717, 1.165) is 5.56 Å². The largest absolute Gasteiger partial charge is 0.271 e. The average molecular weight is 254 g/mol. The lowest BCUT2D eigenvalue weighted by Crippen LogP contribution is -2.29. The molecule has 1 atom stereocenters. The van der Waals surface area contributed by atoms with Crippen molar-refractivity contribution in [1.82, 2.24) is 10.4 Å². The second kappa shape index (κ2) is 4.93. The van der Waals surface area contributed by atoms with Crippen molar-refractivity contribution >= 4 is 22.9 Å². The van der Waals surface area contributed by atoms with Crippen molar-refractivity contribution in [3.05, 3.63) is 50.9 Å². The molecule has 1 unspecified atom stereocenters. The third-order valence-electron chi connectivity index (χ3n) is 2.46. The molecule has 0 radical (unpaired) electrons. The Labute approximate surface area is 103 Å². The van der Waals surface area contributed by atoms with Crippen molar-refractivity contribution in [2.45, 2.75) is 13.0 Å². The number of aryl methyl sites for hydroxylation is 1. The minimum absolute atomic E-state index is 0.0315.